The Morgan fingerprint density at radius 1 is 1.12 bits per heavy atom. The lowest BCUT2D eigenvalue weighted by Crippen LogP contribution is -2.25. The summed E-state index contributed by atoms with van der Waals surface area (Å²) >= 11 is 6.58. The molecule has 168 valence electrons. The van der Waals surface area contributed by atoms with Crippen LogP contribution in [-0.4, -0.2) is 26.8 Å². The van der Waals surface area contributed by atoms with E-state index in [0.29, 0.717) is 22.5 Å². The van der Waals surface area contributed by atoms with Gasteiger partial charge in [0.05, 0.1) is 23.2 Å². The van der Waals surface area contributed by atoms with E-state index in [4.69, 9.17) is 11.6 Å². The highest BCUT2D eigenvalue weighted by Crippen LogP contribution is 2.38. The molecule has 1 saturated carbocycles. The zero-order chi connectivity index (χ0) is 22.5. The van der Waals surface area contributed by atoms with Crippen LogP contribution in [0, 0.1) is 11.8 Å². The number of pyridine rings is 1. The fourth-order valence-corrected chi connectivity index (χ4v) is 5.44. The first-order valence-electron chi connectivity index (χ1n) is 11.0. The predicted octanol–water partition coefficient (Wildman–Crippen LogP) is 6.50. The van der Waals surface area contributed by atoms with Gasteiger partial charge in [-0.2, -0.15) is 13.2 Å². The molecule has 1 atom stereocenters. The number of aromatic nitrogens is 2. The topological polar surface area (TPSA) is 37.5 Å². The number of allylic oxidation sites excluding steroid dienone is 1. The van der Waals surface area contributed by atoms with Gasteiger partial charge in [0.25, 0.3) is 0 Å². The molecule has 0 radical (unpaired) electrons. The van der Waals surface area contributed by atoms with Gasteiger partial charge in [-0.3, -0.25) is 0 Å². The molecule has 1 fully saturated rings. The molecule has 7 heteroatoms. The molecule has 3 nitrogen and oxygen atoms in total. The summed E-state index contributed by atoms with van der Waals surface area (Å²) < 4.78 is 39.9. The SMILES string of the molecule is OC1CCC(C2C=Cc3cc(-c4ccn5c(CC(F)(F)F)cnc5c4Cl)ccc3C2)CC1. The van der Waals surface area contributed by atoms with Crippen LogP contribution in [-0.2, 0) is 12.8 Å². The zero-order valence-corrected chi connectivity index (χ0v) is 18.2. The number of fused-ring (bicyclic) bond motifs is 2. The van der Waals surface area contributed by atoms with E-state index in [1.165, 1.54) is 16.2 Å². The van der Waals surface area contributed by atoms with E-state index in [-0.39, 0.29) is 11.8 Å². The van der Waals surface area contributed by atoms with Crippen molar-refractivity contribution in [2.24, 2.45) is 11.8 Å². The smallest absolute Gasteiger partial charge is 0.393 e. The van der Waals surface area contributed by atoms with Crippen molar-refractivity contribution in [1.29, 1.82) is 0 Å². The predicted molar refractivity (Wildman–Crippen MR) is 120 cm³/mol. The standard InChI is InChI=1S/C25H24ClF3N2O/c26-23-22(9-10-31-20(13-25(27,28)29)14-30-24(23)31)19-4-3-17-11-16(1-2-18(17)12-19)15-5-7-21(32)8-6-15/h1-4,9-10,12,14-16,21,32H,5-8,11,13H2. The molecule has 3 aromatic rings. The Morgan fingerprint density at radius 2 is 1.91 bits per heavy atom. The number of rotatable bonds is 3. The van der Waals surface area contributed by atoms with Crippen molar-refractivity contribution in [3.8, 4) is 11.1 Å². The third kappa shape index (κ3) is 4.18. The van der Waals surface area contributed by atoms with E-state index in [1.54, 1.807) is 12.3 Å². The number of alkyl halides is 3. The van der Waals surface area contributed by atoms with Crippen LogP contribution in [0.3, 0.4) is 0 Å². The maximum Gasteiger partial charge on any atom is 0.394 e. The second-order valence-corrected chi connectivity index (χ2v) is 9.37. The molecule has 1 N–H and O–H groups in total. The fourth-order valence-electron chi connectivity index (χ4n) is 5.13. The molecule has 1 aromatic carbocycles. The van der Waals surface area contributed by atoms with Gasteiger partial charge in [0.2, 0.25) is 0 Å². The van der Waals surface area contributed by atoms with E-state index < -0.39 is 12.6 Å². The lowest BCUT2D eigenvalue weighted by atomic mass is 9.74. The Hall–Kier alpha value is -2.31. The van der Waals surface area contributed by atoms with Crippen LogP contribution in [0.25, 0.3) is 22.9 Å². The summed E-state index contributed by atoms with van der Waals surface area (Å²) in [5, 5.41) is 10.1. The summed E-state index contributed by atoms with van der Waals surface area (Å²) in [4.78, 5) is 4.14. The molecule has 0 spiro atoms. The Morgan fingerprint density at radius 3 is 2.66 bits per heavy atom. The number of benzene rings is 1. The van der Waals surface area contributed by atoms with Crippen molar-refractivity contribution >= 4 is 23.3 Å². The van der Waals surface area contributed by atoms with Gasteiger partial charge in [-0.15, -0.1) is 0 Å². The van der Waals surface area contributed by atoms with E-state index in [1.807, 2.05) is 6.07 Å². The van der Waals surface area contributed by atoms with Crippen LogP contribution in [0.4, 0.5) is 13.2 Å². The van der Waals surface area contributed by atoms with Gasteiger partial charge in [0.1, 0.15) is 0 Å². The molecule has 0 amide bonds. The van der Waals surface area contributed by atoms with Crippen molar-refractivity contribution in [2.45, 2.75) is 50.8 Å². The number of aliphatic hydroxyl groups excluding tert-OH is 1. The first-order chi connectivity index (χ1) is 15.3. The van der Waals surface area contributed by atoms with Crippen LogP contribution in [0.5, 0.6) is 0 Å². The quantitative estimate of drug-likeness (QED) is 0.484. The van der Waals surface area contributed by atoms with Gasteiger partial charge in [-0.25, -0.2) is 4.98 Å². The highest BCUT2D eigenvalue weighted by atomic mass is 35.5. The summed E-state index contributed by atoms with van der Waals surface area (Å²) in [7, 11) is 0. The monoisotopic (exact) mass is 460 g/mol. The molecule has 1 unspecified atom stereocenters. The Kier molecular flexibility index (Phi) is 5.54. The second kappa shape index (κ2) is 8.23. The minimum Gasteiger partial charge on any atom is -0.393 e. The van der Waals surface area contributed by atoms with E-state index in [2.05, 4.69) is 29.3 Å². The number of hydrogen-bond donors (Lipinski definition) is 1. The lowest BCUT2D eigenvalue weighted by molar-refractivity contribution is -0.127. The Labute approximate surface area is 189 Å². The molecule has 2 aromatic heterocycles. The van der Waals surface area contributed by atoms with Crippen molar-refractivity contribution in [1.82, 2.24) is 9.38 Å². The van der Waals surface area contributed by atoms with Gasteiger partial charge < -0.3 is 9.51 Å². The highest BCUT2D eigenvalue weighted by molar-refractivity contribution is 6.36. The minimum atomic E-state index is -4.30. The highest BCUT2D eigenvalue weighted by Gasteiger charge is 2.30. The fraction of sp³-hybridized carbons (Fsp3) is 0.400. The summed E-state index contributed by atoms with van der Waals surface area (Å²) in [5.74, 6) is 1.11. The first kappa shape index (κ1) is 21.5. The van der Waals surface area contributed by atoms with Gasteiger partial charge in [0.15, 0.2) is 5.65 Å². The summed E-state index contributed by atoms with van der Waals surface area (Å²) in [6.07, 6.45) is 6.71. The third-order valence-corrected chi connectivity index (χ3v) is 7.23. The molecular formula is C25H24ClF3N2O. The summed E-state index contributed by atoms with van der Waals surface area (Å²) in [6.45, 7) is 0. The number of nitrogens with zero attached hydrogens (tertiary/aromatic N) is 2. The van der Waals surface area contributed by atoms with Crippen LogP contribution >= 0.6 is 11.6 Å². The molecule has 2 aliphatic carbocycles. The minimum absolute atomic E-state index is 0.0654. The number of halogens is 4. The molecular weight excluding hydrogens is 437 g/mol. The first-order valence-corrected chi connectivity index (χ1v) is 11.4. The average Bonchev–Trinajstić information content (AvgIpc) is 3.16. The maximum absolute atomic E-state index is 12.8. The third-order valence-electron chi connectivity index (χ3n) is 6.86. The largest absolute Gasteiger partial charge is 0.394 e. The van der Waals surface area contributed by atoms with E-state index in [9.17, 15) is 18.3 Å². The van der Waals surface area contributed by atoms with Gasteiger partial charge in [-0.05, 0) is 72.8 Å². The van der Waals surface area contributed by atoms with Gasteiger partial charge in [0, 0.05) is 18.0 Å². The number of aliphatic hydroxyl groups is 1. The molecule has 0 saturated heterocycles. The molecule has 2 heterocycles. The molecule has 0 aliphatic heterocycles. The van der Waals surface area contributed by atoms with E-state index in [0.717, 1.165) is 48.8 Å². The lowest BCUT2D eigenvalue weighted by Gasteiger charge is -2.32. The molecule has 32 heavy (non-hydrogen) atoms. The van der Waals surface area contributed by atoms with Crippen molar-refractivity contribution in [3.05, 3.63) is 64.6 Å². The Balaban J connectivity index is 1.41. The maximum atomic E-state index is 12.8. The molecule has 5 rings (SSSR count). The van der Waals surface area contributed by atoms with Gasteiger partial charge >= 0.3 is 6.18 Å². The van der Waals surface area contributed by atoms with Crippen LogP contribution in [0.2, 0.25) is 5.02 Å². The summed E-state index contributed by atoms with van der Waals surface area (Å²) in [5.41, 5.74) is 4.50. The van der Waals surface area contributed by atoms with Crippen molar-refractivity contribution < 1.29 is 18.3 Å². The summed E-state index contributed by atoms with van der Waals surface area (Å²) in [6, 6.07) is 7.99. The normalized spacial score (nSPS) is 23.5. The van der Waals surface area contributed by atoms with Crippen LogP contribution in [0.15, 0.2) is 42.7 Å². The van der Waals surface area contributed by atoms with E-state index >= 15 is 0 Å². The van der Waals surface area contributed by atoms with Crippen LogP contribution < -0.4 is 0 Å². The number of imidazole rings is 1. The van der Waals surface area contributed by atoms with Gasteiger partial charge in [-0.1, -0.05) is 35.9 Å². The zero-order valence-electron chi connectivity index (χ0n) is 17.4. The Bertz CT molecular complexity index is 1180. The molecule has 0 bridgehead atoms. The van der Waals surface area contributed by atoms with Crippen molar-refractivity contribution in [2.75, 3.05) is 0 Å². The number of hydrogen-bond acceptors (Lipinski definition) is 2. The average molecular weight is 461 g/mol. The van der Waals surface area contributed by atoms with Crippen molar-refractivity contribution in [3.63, 3.8) is 0 Å². The van der Waals surface area contributed by atoms with Crippen LogP contribution in [0.1, 0.15) is 42.5 Å². The molecule has 2 aliphatic rings. The second-order valence-electron chi connectivity index (χ2n) is 8.99.